The molecule has 3 aromatic carbocycles. The van der Waals surface area contributed by atoms with E-state index in [4.69, 9.17) is 16.0 Å². The zero-order chi connectivity index (χ0) is 19.3. The molecule has 0 amide bonds. The van der Waals surface area contributed by atoms with Crippen LogP contribution in [-0.4, -0.2) is 6.21 Å². The molecule has 4 rings (SSSR count). The van der Waals surface area contributed by atoms with E-state index < -0.39 is 0 Å². The standard InChI is InChI=1S/C24H15ClN2O/c25-20-13-7-8-17(14-20)16-27-24-21(15-26)22(18-9-3-1-4-10-18)23(28-24)19-11-5-2-6-12-19/h1-14,16H. The second-order valence-electron chi connectivity index (χ2n) is 6.14. The summed E-state index contributed by atoms with van der Waals surface area (Å²) in [5.74, 6) is 0.904. The summed E-state index contributed by atoms with van der Waals surface area (Å²) >= 11 is 6.04. The summed E-state index contributed by atoms with van der Waals surface area (Å²) in [6.07, 6.45) is 1.65. The van der Waals surface area contributed by atoms with E-state index in [1.807, 2.05) is 72.8 Å². The fraction of sp³-hybridized carbons (Fsp3) is 0. The highest BCUT2D eigenvalue weighted by Crippen LogP contribution is 2.42. The maximum Gasteiger partial charge on any atom is 0.238 e. The predicted molar refractivity (Wildman–Crippen MR) is 113 cm³/mol. The average Bonchev–Trinajstić information content (AvgIpc) is 3.12. The molecule has 0 atom stereocenters. The number of benzene rings is 3. The third kappa shape index (κ3) is 3.59. The fourth-order valence-electron chi connectivity index (χ4n) is 3.01. The summed E-state index contributed by atoms with van der Waals surface area (Å²) in [4.78, 5) is 4.45. The molecule has 4 aromatic rings. The lowest BCUT2D eigenvalue weighted by atomic mass is 9.98. The van der Waals surface area contributed by atoms with E-state index in [0.717, 1.165) is 22.3 Å². The first kappa shape index (κ1) is 17.8. The molecule has 3 nitrogen and oxygen atoms in total. The molecule has 28 heavy (non-hydrogen) atoms. The molecule has 1 aromatic heterocycles. The highest BCUT2D eigenvalue weighted by atomic mass is 35.5. The Kier molecular flexibility index (Phi) is 5.05. The highest BCUT2D eigenvalue weighted by molar-refractivity contribution is 6.30. The molecule has 0 saturated heterocycles. The van der Waals surface area contributed by atoms with Gasteiger partial charge in [-0.2, -0.15) is 5.26 Å². The maximum absolute atomic E-state index is 9.86. The second kappa shape index (κ2) is 7.96. The zero-order valence-corrected chi connectivity index (χ0v) is 15.6. The Morgan fingerprint density at radius 3 is 2.18 bits per heavy atom. The molecule has 134 valence electrons. The van der Waals surface area contributed by atoms with Gasteiger partial charge >= 0.3 is 0 Å². The van der Waals surface area contributed by atoms with Crippen LogP contribution in [0, 0.1) is 11.3 Å². The zero-order valence-electron chi connectivity index (χ0n) is 14.8. The summed E-state index contributed by atoms with van der Waals surface area (Å²) in [5, 5.41) is 10.5. The number of halogens is 1. The quantitative estimate of drug-likeness (QED) is 0.361. The number of nitrogens with zero attached hydrogens (tertiary/aromatic N) is 2. The smallest absolute Gasteiger partial charge is 0.238 e. The number of hydrogen-bond acceptors (Lipinski definition) is 3. The first-order valence-corrected chi connectivity index (χ1v) is 9.11. The summed E-state index contributed by atoms with van der Waals surface area (Å²) in [6.45, 7) is 0. The van der Waals surface area contributed by atoms with Gasteiger partial charge in [-0.25, -0.2) is 4.99 Å². The number of hydrogen-bond donors (Lipinski definition) is 0. The number of rotatable bonds is 4. The van der Waals surface area contributed by atoms with Crippen LogP contribution in [0.2, 0.25) is 5.02 Å². The summed E-state index contributed by atoms with van der Waals surface area (Å²) in [5.41, 5.74) is 3.78. The number of nitriles is 1. The normalized spacial score (nSPS) is 10.9. The third-order valence-corrected chi connectivity index (χ3v) is 4.51. The largest absolute Gasteiger partial charge is 0.436 e. The van der Waals surface area contributed by atoms with Gasteiger partial charge in [0.2, 0.25) is 5.88 Å². The Labute approximate surface area is 168 Å². The second-order valence-corrected chi connectivity index (χ2v) is 6.58. The minimum atomic E-state index is 0.278. The minimum Gasteiger partial charge on any atom is -0.436 e. The van der Waals surface area contributed by atoms with Gasteiger partial charge in [0.05, 0.1) is 0 Å². The fourth-order valence-corrected chi connectivity index (χ4v) is 3.21. The Bertz CT molecular complexity index is 1170. The van der Waals surface area contributed by atoms with E-state index in [0.29, 0.717) is 16.3 Å². The van der Waals surface area contributed by atoms with Gasteiger partial charge in [-0.3, -0.25) is 0 Å². The third-order valence-electron chi connectivity index (χ3n) is 4.28. The van der Waals surface area contributed by atoms with Gasteiger partial charge in [0.1, 0.15) is 17.4 Å². The molecule has 1 heterocycles. The van der Waals surface area contributed by atoms with Crippen molar-refractivity contribution in [3.8, 4) is 28.5 Å². The molecule has 0 fully saturated rings. The first-order chi connectivity index (χ1) is 13.8. The molecule has 0 aliphatic heterocycles. The summed E-state index contributed by atoms with van der Waals surface area (Å²) in [6, 6.07) is 29.1. The Balaban J connectivity index is 1.88. The van der Waals surface area contributed by atoms with Gasteiger partial charge in [0.15, 0.2) is 0 Å². The molecule has 0 spiro atoms. The molecular weight excluding hydrogens is 368 g/mol. The van der Waals surface area contributed by atoms with Crippen molar-refractivity contribution >= 4 is 23.7 Å². The molecule has 0 unspecified atom stereocenters. The van der Waals surface area contributed by atoms with Crippen LogP contribution in [0.4, 0.5) is 5.88 Å². The lowest BCUT2D eigenvalue weighted by Gasteiger charge is -2.03. The Hall–Kier alpha value is -3.61. The van der Waals surface area contributed by atoms with Crippen molar-refractivity contribution in [3.05, 3.63) is 101 Å². The van der Waals surface area contributed by atoms with Crippen LogP contribution in [0.25, 0.3) is 22.5 Å². The first-order valence-electron chi connectivity index (χ1n) is 8.73. The molecule has 0 saturated carbocycles. The van der Waals surface area contributed by atoms with Crippen LogP contribution >= 0.6 is 11.6 Å². The van der Waals surface area contributed by atoms with Crippen LogP contribution < -0.4 is 0 Å². The van der Waals surface area contributed by atoms with E-state index in [-0.39, 0.29) is 5.88 Å². The summed E-state index contributed by atoms with van der Waals surface area (Å²) < 4.78 is 6.08. The van der Waals surface area contributed by atoms with Gasteiger partial charge in [0.25, 0.3) is 0 Å². The van der Waals surface area contributed by atoms with E-state index in [2.05, 4.69) is 11.1 Å². The van der Waals surface area contributed by atoms with Crippen molar-refractivity contribution < 1.29 is 4.42 Å². The van der Waals surface area contributed by atoms with Gasteiger partial charge in [-0.1, -0.05) is 84.4 Å². The van der Waals surface area contributed by atoms with E-state index in [1.165, 1.54) is 0 Å². The lowest BCUT2D eigenvalue weighted by molar-refractivity contribution is 0.593. The van der Waals surface area contributed by atoms with Crippen LogP contribution in [0.5, 0.6) is 0 Å². The SMILES string of the molecule is N#Cc1c(N=Cc2cccc(Cl)c2)oc(-c2ccccc2)c1-c1ccccc1. The molecule has 0 aliphatic rings. The van der Waals surface area contributed by atoms with Crippen LogP contribution in [0.1, 0.15) is 11.1 Å². The molecular formula is C24H15ClN2O. The maximum atomic E-state index is 9.86. The minimum absolute atomic E-state index is 0.278. The lowest BCUT2D eigenvalue weighted by Crippen LogP contribution is -1.83. The van der Waals surface area contributed by atoms with Crippen molar-refractivity contribution in [2.45, 2.75) is 0 Å². The number of aliphatic imine (C=N–C) groups is 1. The monoisotopic (exact) mass is 382 g/mol. The van der Waals surface area contributed by atoms with Gasteiger partial charge in [0, 0.05) is 22.4 Å². The Morgan fingerprint density at radius 2 is 1.54 bits per heavy atom. The average molecular weight is 383 g/mol. The van der Waals surface area contributed by atoms with Crippen molar-refractivity contribution in [1.29, 1.82) is 5.26 Å². The van der Waals surface area contributed by atoms with Crippen LogP contribution in [-0.2, 0) is 0 Å². The molecule has 0 N–H and O–H groups in total. The van der Waals surface area contributed by atoms with Crippen LogP contribution in [0.3, 0.4) is 0 Å². The molecule has 0 aliphatic carbocycles. The van der Waals surface area contributed by atoms with Gasteiger partial charge in [-0.15, -0.1) is 0 Å². The molecule has 4 heteroatoms. The van der Waals surface area contributed by atoms with Gasteiger partial charge < -0.3 is 4.42 Å². The molecule has 0 radical (unpaired) electrons. The van der Waals surface area contributed by atoms with Crippen molar-refractivity contribution in [2.24, 2.45) is 4.99 Å². The molecule has 0 bridgehead atoms. The highest BCUT2D eigenvalue weighted by Gasteiger charge is 2.22. The van der Waals surface area contributed by atoms with Crippen LogP contribution in [0.15, 0.2) is 94.3 Å². The van der Waals surface area contributed by atoms with E-state index in [1.54, 1.807) is 18.3 Å². The summed E-state index contributed by atoms with van der Waals surface area (Å²) in [7, 11) is 0. The Morgan fingerprint density at radius 1 is 0.857 bits per heavy atom. The van der Waals surface area contributed by atoms with Gasteiger partial charge in [-0.05, 0) is 23.3 Å². The van der Waals surface area contributed by atoms with E-state index >= 15 is 0 Å². The van der Waals surface area contributed by atoms with Crippen molar-refractivity contribution in [3.63, 3.8) is 0 Å². The predicted octanol–water partition coefficient (Wildman–Crippen LogP) is 6.89. The van der Waals surface area contributed by atoms with Crippen molar-refractivity contribution in [1.82, 2.24) is 0 Å². The number of furan rings is 1. The van der Waals surface area contributed by atoms with Crippen molar-refractivity contribution in [2.75, 3.05) is 0 Å². The van der Waals surface area contributed by atoms with E-state index in [9.17, 15) is 5.26 Å². The topological polar surface area (TPSA) is 49.3 Å².